The van der Waals surface area contributed by atoms with E-state index in [1.165, 1.54) is 12.1 Å². The van der Waals surface area contributed by atoms with Gasteiger partial charge < -0.3 is 15.2 Å². The summed E-state index contributed by atoms with van der Waals surface area (Å²) in [6.07, 6.45) is 0. The number of rotatable bonds is 3. The second kappa shape index (κ2) is 3.46. The van der Waals surface area contributed by atoms with Gasteiger partial charge in [-0.15, -0.1) is 5.10 Å². The molecule has 0 unspecified atom stereocenters. The van der Waals surface area contributed by atoms with E-state index in [1.54, 1.807) is 0 Å². The van der Waals surface area contributed by atoms with Gasteiger partial charge >= 0.3 is 11.8 Å². The predicted octanol–water partition coefficient (Wildman–Crippen LogP) is 0.406. The van der Waals surface area contributed by atoms with E-state index >= 15 is 0 Å². The summed E-state index contributed by atoms with van der Waals surface area (Å²) in [7, 11) is 0. The van der Waals surface area contributed by atoms with E-state index in [9.17, 15) is 14.9 Å². The van der Waals surface area contributed by atoms with Crippen LogP contribution in [0.15, 0.2) is 12.1 Å². The van der Waals surface area contributed by atoms with Crippen molar-refractivity contribution in [2.24, 2.45) is 0 Å². The van der Waals surface area contributed by atoms with Crippen molar-refractivity contribution in [3.63, 3.8) is 0 Å². The molecule has 0 saturated carbocycles. The van der Waals surface area contributed by atoms with E-state index < -0.39 is 10.9 Å². The SMILES string of the molecule is O=C(O)c1cc(-c2cc([N+](=O)[O-])[nH]n2)n[nH]1. The van der Waals surface area contributed by atoms with Crippen molar-refractivity contribution in [2.75, 3.05) is 0 Å². The summed E-state index contributed by atoms with van der Waals surface area (Å²) in [4.78, 5) is 20.3. The Labute approximate surface area is 87.3 Å². The molecular formula is C7H5N5O4. The minimum atomic E-state index is -1.16. The third-order valence-electron chi connectivity index (χ3n) is 1.83. The van der Waals surface area contributed by atoms with Gasteiger partial charge in [-0.05, 0) is 4.92 Å². The highest BCUT2D eigenvalue weighted by Gasteiger charge is 2.15. The van der Waals surface area contributed by atoms with Crippen molar-refractivity contribution in [1.82, 2.24) is 20.4 Å². The van der Waals surface area contributed by atoms with Crippen LogP contribution in [0, 0.1) is 10.1 Å². The summed E-state index contributed by atoms with van der Waals surface area (Å²) in [5, 5.41) is 30.8. The number of H-pyrrole nitrogens is 2. The van der Waals surface area contributed by atoms with Crippen molar-refractivity contribution in [2.45, 2.75) is 0 Å². The Morgan fingerprint density at radius 1 is 1.31 bits per heavy atom. The molecule has 9 heteroatoms. The number of nitrogens with one attached hydrogen (secondary N) is 2. The molecule has 0 bridgehead atoms. The Morgan fingerprint density at radius 2 is 1.94 bits per heavy atom. The van der Waals surface area contributed by atoms with Crippen LogP contribution in [0.4, 0.5) is 5.82 Å². The van der Waals surface area contributed by atoms with Crippen LogP contribution in [0.3, 0.4) is 0 Å². The van der Waals surface area contributed by atoms with Crippen LogP contribution in [0.5, 0.6) is 0 Å². The van der Waals surface area contributed by atoms with Gasteiger partial charge in [-0.3, -0.25) is 5.10 Å². The van der Waals surface area contributed by atoms with E-state index in [0.717, 1.165) is 0 Å². The third-order valence-corrected chi connectivity index (χ3v) is 1.83. The van der Waals surface area contributed by atoms with E-state index in [2.05, 4.69) is 20.4 Å². The van der Waals surface area contributed by atoms with Gasteiger partial charge in [-0.1, -0.05) is 5.10 Å². The number of aromatic carboxylic acids is 1. The molecule has 2 heterocycles. The molecule has 16 heavy (non-hydrogen) atoms. The minimum absolute atomic E-state index is 0.111. The molecule has 2 aromatic rings. The second-order valence-corrected chi connectivity index (χ2v) is 2.87. The van der Waals surface area contributed by atoms with Crippen molar-refractivity contribution in [3.8, 4) is 11.4 Å². The van der Waals surface area contributed by atoms with Gasteiger partial charge in [0.15, 0.2) is 0 Å². The van der Waals surface area contributed by atoms with Crippen LogP contribution in [-0.4, -0.2) is 36.4 Å². The molecular weight excluding hydrogens is 218 g/mol. The fourth-order valence-electron chi connectivity index (χ4n) is 1.10. The Hall–Kier alpha value is -2.71. The zero-order valence-electron chi connectivity index (χ0n) is 7.67. The van der Waals surface area contributed by atoms with E-state index in [4.69, 9.17) is 5.11 Å². The maximum atomic E-state index is 10.6. The van der Waals surface area contributed by atoms with Crippen molar-refractivity contribution >= 4 is 11.8 Å². The molecule has 0 atom stereocenters. The van der Waals surface area contributed by atoms with E-state index in [-0.39, 0.29) is 22.9 Å². The van der Waals surface area contributed by atoms with Crippen LogP contribution >= 0.6 is 0 Å². The molecule has 9 nitrogen and oxygen atoms in total. The minimum Gasteiger partial charge on any atom is -0.477 e. The van der Waals surface area contributed by atoms with Gasteiger partial charge in [0, 0.05) is 6.07 Å². The van der Waals surface area contributed by atoms with Gasteiger partial charge in [-0.25, -0.2) is 4.79 Å². The maximum absolute atomic E-state index is 10.6. The van der Waals surface area contributed by atoms with Crippen LogP contribution in [0.1, 0.15) is 10.5 Å². The van der Waals surface area contributed by atoms with Crippen molar-refractivity contribution < 1.29 is 14.8 Å². The van der Waals surface area contributed by atoms with Crippen molar-refractivity contribution in [1.29, 1.82) is 0 Å². The largest absolute Gasteiger partial charge is 0.477 e. The second-order valence-electron chi connectivity index (χ2n) is 2.87. The highest BCUT2D eigenvalue weighted by molar-refractivity contribution is 5.86. The number of carboxylic acids is 1. The molecule has 0 aromatic carbocycles. The molecule has 0 aliphatic heterocycles. The Balaban J connectivity index is 2.35. The fourth-order valence-corrected chi connectivity index (χ4v) is 1.10. The number of nitrogens with zero attached hydrogens (tertiary/aromatic N) is 3. The first-order chi connectivity index (χ1) is 7.58. The van der Waals surface area contributed by atoms with Crippen LogP contribution in [-0.2, 0) is 0 Å². The lowest BCUT2D eigenvalue weighted by Crippen LogP contribution is -1.95. The summed E-state index contributed by atoms with van der Waals surface area (Å²) in [5.74, 6) is -1.45. The zero-order valence-corrected chi connectivity index (χ0v) is 7.67. The lowest BCUT2D eigenvalue weighted by atomic mass is 10.3. The summed E-state index contributed by atoms with van der Waals surface area (Å²) in [5.41, 5.74) is 0.317. The maximum Gasteiger partial charge on any atom is 0.353 e. The first-order valence-electron chi connectivity index (χ1n) is 4.07. The lowest BCUT2D eigenvalue weighted by Gasteiger charge is -1.84. The van der Waals surface area contributed by atoms with Gasteiger partial charge in [0.1, 0.15) is 17.1 Å². The number of carbonyl (C=O) groups is 1. The van der Waals surface area contributed by atoms with Crippen LogP contribution < -0.4 is 0 Å². The highest BCUT2D eigenvalue weighted by Crippen LogP contribution is 2.19. The molecule has 3 N–H and O–H groups in total. The molecule has 2 rings (SSSR count). The molecule has 0 aliphatic rings. The quantitative estimate of drug-likeness (QED) is 0.508. The van der Waals surface area contributed by atoms with Gasteiger partial charge in [0.25, 0.3) is 0 Å². The predicted molar refractivity (Wildman–Crippen MR) is 49.8 cm³/mol. The molecule has 0 spiro atoms. The standard InChI is InChI=1S/C7H5N5O4/c13-7(14)5-1-3(8-10-5)4-2-6(11-9-4)12(15)16/h1-2H,(H,8,10)(H,9,11)(H,13,14). The Bertz CT molecular complexity index is 506. The molecule has 0 aliphatic carbocycles. The average molecular weight is 223 g/mol. The van der Waals surface area contributed by atoms with Gasteiger partial charge in [0.2, 0.25) is 0 Å². The number of carboxylic acid groups (broad SMARTS) is 1. The summed E-state index contributed by atoms with van der Waals surface area (Å²) < 4.78 is 0. The zero-order chi connectivity index (χ0) is 11.7. The smallest absolute Gasteiger partial charge is 0.353 e. The van der Waals surface area contributed by atoms with Crippen LogP contribution in [0.25, 0.3) is 11.4 Å². The monoisotopic (exact) mass is 223 g/mol. The first-order valence-corrected chi connectivity index (χ1v) is 4.07. The lowest BCUT2D eigenvalue weighted by molar-refractivity contribution is -0.389. The van der Waals surface area contributed by atoms with Gasteiger partial charge in [0.05, 0.1) is 6.07 Å². The molecule has 0 amide bonds. The topological polar surface area (TPSA) is 138 Å². The number of aromatic nitrogens is 4. The van der Waals surface area contributed by atoms with Gasteiger partial charge in [-0.2, -0.15) is 5.10 Å². The number of hydrogen-bond donors (Lipinski definition) is 3. The number of nitro groups is 1. The Morgan fingerprint density at radius 3 is 2.44 bits per heavy atom. The molecule has 2 aromatic heterocycles. The number of hydrogen-bond acceptors (Lipinski definition) is 5. The molecule has 0 saturated heterocycles. The average Bonchev–Trinajstić information content (AvgIpc) is 2.86. The molecule has 82 valence electrons. The van der Waals surface area contributed by atoms with Crippen molar-refractivity contribution in [3.05, 3.63) is 27.9 Å². The summed E-state index contributed by atoms with van der Waals surface area (Å²) >= 11 is 0. The number of aromatic amines is 2. The summed E-state index contributed by atoms with van der Waals surface area (Å²) in [6, 6.07) is 2.41. The van der Waals surface area contributed by atoms with E-state index in [1.807, 2.05) is 0 Å². The molecule has 0 radical (unpaired) electrons. The molecule has 0 fully saturated rings. The van der Waals surface area contributed by atoms with Crippen LogP contribution in [0.2, 0.25) is 0 Å². The highest BCUT2D eigenvalue weighted by atomic mass is 16.6. The Kier molecular flexibility index (Phi) is 2.12. The first kappa shape index (κ1) is 9.83. The summed E-state index contributed by atoms with van der Waals surface area (Å²) in [6.45, 7) is 0. The normalized spacial score (nSPS) is 10.2. The fraction of sp³-hybridized carbons (Fsp3) is 0. The van der Waals surface area contributed by atoms with E-state index in [0.29, 0.717) is 0 Å². The third kappa shape index (κ3) is 1.61.